The minimum atomic E-state index is 0. The average molecular weight is 479 g/mol. The minimum absolute atomic E-state index is 0. The van der Waals surface area contributed by atoms with Crippen LogP contribution in [-0.2, 0) is 13.1 Å². The lowest BCUT2D eigenvalue weighted by atomic mass is 10.1. The Morgan fingerprint density at radius 1 is 1.33 bits per heavy atom. The molecule has 0 saturated carbocycles. The maximum Gasteiger partial charge on any atom is 0.194 e. The molecule has 2 aromatic rings. The van der Waals surface area contributed by atoms with Crippen LogP contribution in [0.15, 0.2) is 10.4 Å². The smallest absolute Gasteiger partial charge is 0.194 e. The van der Waals surface area contributed by atoms with E-state index in [0.717, 1.165) is 28.2 Å². The van der Waals surface area contributed by atoms with Crippen LogP contribution >= 0.6 is 46.7 Å². The van der Waals surface area contributed by atoms with Gasteiger partial charge >= 0.3 is 0 Å². The van der Waals surface area contributed by atoms with Gasteiger partial charge in [0.25, 0.3) is 0 Å². The summed E-state index contributed by atoms with van der Waals surface area (Å²) < 4.78 is 0. The van der Waals surface area contributed by atoms with Crippen LogP contribution in [0.4, 0.5) is 0 Å². The van der Waals surface area contributed by atoms with Crippen LogP contribution in [-0.4, -0.2) is 34.9 Å². The topological polar surface area (TPSA) is 53.4 Å². The lowest BCUT2D eigenvalue weighted by Gasteiger charge is -2.20. The summed E-state index contributed by atoms with van der Waals surface area (Å²) in [6.45, 7) is 9.98. The molecule has 0 amide bonds. The number of aliphatic imine (C=N–C) groups is 1. The summed E-state index contributed by atoms with van der Waals surface area (Å²) in [5.74, 6) is 1.32. The average Bonchev–Trinajstić information content (AvgIpc) is 3.05. The van der Waals surface area contributed by atoms with E-state index in [1.165, 1.54) is 10.6 Å². The second-order valence-electron chi connectivity index (χ2n) is 5.82. The highest BCUT2D eigenvalue weighted by molar-refractivity contribution is 14.0. The van der Waals surface area contributed by atoms with Crippen molar-refractivity contribution in [2.45, 2.75) is 46.7 Å². The molecule has 0 spiro atoms. The molecule has 0 aromatic carbocycles. The van der Waals surface area contributed by atoms with Crippen LogP contribution in [0.5, 0.6) is 0 Å². The highest BCUT2D eigenvalue weighted by Gasteiger charge is 2.13. The Morgan fingerprint density at radius 3 is 2.54 bits per heavy atom. The monoisotopic (exact) mass is 479 g/mol. The molecule has 0 radical (unpaired) electrons. The first-order valence-electron chi connectivity index (χ1n) is 7.69. The third-order valence-corrected chi connectivity index (χ3v) is 5.27. The van der Waals surface area contributed by atoms with Crippen molar-refractivity contribution < 1.29 is 0 Å². The third-order valence-electron chi connectivity index (χ3n) is 3.46. The van der Waals surface area contributed by atoms with Crippen LogP contribution < -0.4 is 5.32 Å². The lowest BCUT2D eigenvalue weighted by Crippen LogP contribution is -2.38. The van der Waals surface area contributed by atoms with Crippen molar-refractivity contribution in [3.8, 4) is 0 Å². The molecular formula is C16H26IN5S2. The molecule has 0 saturated heterocycles. The predicted molar refractivity (Wildman–Crippen MR) is 115 cm³/mol. The SMILES string of the molecule is CN=C(NCc1nc(C(C)C)c(C)s1)N(C)Cc1csc(C)n1.I. The fourth-order valence-corrected chi connectivity index (χ4v) is 4.05. The van der Waals surface area contributed by atoms with Crippen molar-refractivity contribution in [3.05, 3.63) is 31.7 Å². The van der Waals surface area contributed by atoms with Crippen molar-refractivity contribution in [3.63, 3.8) is 0 Å². The number of thiazole rings is 2. The Hall–Kier alpha value is -0.740. The van der Waals surface area contributed by atoms with Crippen molar-refractivity contribution in [2.24, 2.45) is 4.99 Å². The van der Waals surface area contributed by atoms with Gasteiger partial charge in [0.1, 0.15) is 5.01 Å². The number of nitrogens with zero attached hydrogens (tertiary/aromatic N) is 4. The highest BCUT2D eigenvalue weighted by Crippen LogP contribution is 2.23. The van der Waals surface area contributed by atoms with E-state index in [2.05, 4.69) is 46.3 Å². The summed E-state index contributed by atoms with van der Waals surface area (Å²) in [5, 5.41) is 7.68. The number of aromatic nitrogens is 2. The zero-order valence-corrected chi connectivity index (χ0v) is 19.0. The number of aryl methyl sites for hydroxylation is 2. The number of nitrogens with one attached hydrogen (secondary N) is 1. The van der Waals surface area contributed by atoms with E-state index < -0.39 is 0 Å². The fraction of sp³-hybridized carbons (Fsp3) is 0.562. The van der Waals surface area contributed by atoms with Gasteiger partial charge in [0.2, 0.25) is 0 Å². The Labute approximate surface area is 169 Å². The van der Waals surface area contributed by atoms with Gasteiger partial charge < -0.3 is 10.2 Å². The normalized spacial score (nSPS) is 11.5. The molecule has 5 nitrogen and oxygen atoms in total. The van der Waals surface area contributed by atoms with E-state index in [0.29, 0.717) is 12.5 Å². The van der Waals surface area contributed by atoms with E-state index >= 15 is 0 Å². The molecule has 0 aliphatic carbocycles. The number of guanidine groups is 1. The molecule has 2 rings (SSSR count). The molecule has 1 N–H and O–H groups in total. The number of hydrogen-bond acceptors (Lipinski definition) is 5. The fourth-order valence-electron chi connectivity index (χ4n) is 2.41. The van der Waals surface area contributed by atoms with Gasteiger partial charge in [0, 0.05) is 24.4 Å². The Kier molecular flexibility index (Phi) is 8.58. The molecule has 134 valence electrons. The summed E-state index contributed by atoms with van der Waals surface area (Å²) in [4.78, 5) is 17.0. The molecule has 0 bridgehead atoms. The number of rotatable bonds is 5. The van der Waals surface area contributed by atoms with Gasteiger partial charge in [0.05, 0.1) is 29.5 Å². The van der Waals surface area contributed by atoms with E-state index in [4.69, 9.17) is 4.98 Å². The molecule has 0 unspecified atom stereocenters. The number of halogens is 1. The van der Waals surface area contributed by atoms with Crippen LogP contribution in [0.3, 0.4) is 0 Å². The van der Waals surface area contributed by atoms with E-state index in [9.17, 15) is 0 Å². The van der Waals surface area contributed by atoms with Crippen molar-refractivity contribution in [2.75, 3.05) is 14.1 Å². The van der Waals surface area contributed by atoms with Crippen LogP contribution in [0.2, 0.25) is 0 Å². The van der Waals surface area contributed by atoms with Crippen molar-refractivity contribution in [1.29, 1.82) is 0 Å². The molecule has 2 heterocycles. The molecule has 2 aromatic heterocycles. The first kappa shape index (κ1) is 21.3. The molecule has 0 aliphatic rings. The second-order valence-corrected chi connectivity index (χ2v) is 8.17. The molecule has 0 aliphatic heterocycles. The first-order chi connectivity index (χ1) is 10.9. The van der Waals surface area contributed by atoms with Gasteiger partial charge in [-0.05, 0) is 19.8 Å². The molecule has 8 heteroatoms. The van der Waals surface area contributed by atoms with Gasteiger partial charge in [-0.3, -0.25) is 4.99 Å². The highest BCUT2D eigenvalue weighted by atomic mass is 127. The second kappa shape index (κ2) is 9.67. The summed E-state index contributed by atoms with van der Waals surface area (Å²) in [5.41, 5.74) is 2.28. The molecular weight excluding hydrogens is 453 g/mol. The van der Waals surface area contributed by atoms with E-state index in [1.54, 1.807) is 29.7 Å². The maximum absolute atomic E-state index is 4.73. The minimum Gasteiger partial charge on any atom is -0.350 e. The summed E-state index contributed by atoms with van der Waals surface area (Å²) in [7, 11) is 3.83. The zero-order chi connectivity index (χ0) is 17.0. The summed E-state index contributed by atoms with van der Waals surface area (Å²) >= 11 is 3.43. The summed E-state index contributed by atoms with van der Waals surface area (Å²) in [6.07, 6.45) is 0. The van der Waals surface area contributed by atoms with E-state index in [-0.39, 0.29) is 24.0 Å². The third kappa shape index (κ3) is 5.66. The quantitative estimate of drug-likeness (QED) is 0.398. The van der Waals surface area contributed by atoms with Crippen LogP contribution in [0.25, 0.3) is 0 Å². The Bertz CT molecular complexity index is 678. The predicted octanol–water partition coefficient (Wildman–Crippen LogP) is 4.17. The largest absolute Gasteiger partial charge is 0.350 e. The van der Waals surface area contributed by atoms with Crippen LogP contribution in [0.1, 0.15) is 46.0 Å². The van der Waals surface area contributed by atoms with Gasteiger partial charge in [-0.1, -0.05) is 13.8 Å². The molecule has 24 heavy (non-hydrogen) atoms. The van der Waals surface area contributed by atoms with Gasteiger partial charge in [-0.2, -0.15) is 0 Å². The zero-order valence-electron chi connectivity index (χ0n) is 15.1. The number of hydrogen-bond donors (Lipinski definition) is 1. The molecule has 0 atom stereocenters. The standard InChI is InChI=1S/C16H25N5S2.HI/c1-10(2)15-11(3)23-14(20-15)7-18-16(17-5)21(6)8-13-9-22-12(4)19-13;/h9-10H,7-8H2,1-6H3,(H,17,18);1H. The van der Waals surface area contributed by atoms with Gasteiger partial charge in [-0.25, -0.2) is 9.97 Å². The lowest BCUT2D eigenvalue weighted by molar-refractivity contribution is 0.470. The summed E-state index contributed by atoms with van der Waals surface area (Å²) in [6, 6.07) is 0. The Balaban J connectivity index is 0.00000288. The Morgan fingerprint density at radius 2 is 2.04 bits per heavy atom. The van der Waals surface area contributed by atoms with Crippen LogP contribution in [0, 0.1) is 13.8 Å². The van der Waals surface area contributed by atoms with Crippen molar-refractivity contribution >= 4 is 52.6 Å². The maximum atomic E-state index is 4.73. The van der Waals surface area contributed by atoms with Crippen molar-refractivity contribution in [1.82, 2.24) is 20.2 Å². The van der Waals surface area contributed by atoms with Gasteiger partial charge in [0.15, 0.2) is 5.96 Å². The van der Waals surface area contributed by atoms with E-state index in [1.807, 2.05) is 14.0 Å². The molecule has 0 fully saturated rings. The first-order valence-corrected chi connectivity index (χ1v) is 9.39. The van der Waals surface area contributed by atoms with Gasteiger partial charge in [-0.15, -0.1) is 46.7 Å².